The Labute approximate surface area is 195 Å². The SMILES string of the molecule is CCc1ccc(NC(=O)COc2ccc(C(=O)Nc3c(Cl)cc(Cl)cc3Cl)cc2)cc1. The number of rotatable bonds is 7. The minimum absolute atomic E-state index is 0.156. The van der Waals surface area contributed by atoms with E-state index in [-0.39, 0.29) is 28.2 Å². The molecule has 3 aromatic carbocycles. The Morgan fingerprint density at radius 1 is 0.871 bits per heavy atom. The van der Waals surface area contributed by atoms with E-state index < -0.39 is 5.91 Å². The van der Waals surface area contributed by atoms with E-state index in [9.17, 15) is 9.59 Å². The second kappa shape index (κ2) is 10.5. The van der Waals surface area contributed by atoms with Crippen LogP contribution in [-0.4, -0.2) is 18.4 Å². The number of nitrogens with one attached hydrogen (secondary N) is 2. The molecule has 5 nitrogen and oxygen atoms in total. The van der Waals surface area contributed by atoms with Gasteiger partial charge < -0.3 is 15.4 Å². The Morgan fingerprint density at radius 3 is 2.06 bits per heavy atom. The summed E-state index contributed by atoms with van der Waals surface area (Å²) >= 11 is 18.1. The highest BCUT2D eigenvalue weighted by Crippen LogP contribution is 2.34. The van der Waals surface area contributed by atoms with E-state index >= 15 is 0 Å². The molecule has 0 spiro atoms. The number of carbonyl (C=O) groups is 2. The molecule has 0 radical (unpaired) electrons. The van der Waals surface area contributed by atoms with Crippen LogP contribution in [0.15, 0.2) is 60.7 Å². The molecule has 0 aliphatic rings. The van der Waals surface area contributed by atoms with Crippen molar-refractivity contribution >= 4 is 58.0 Å². The topological polar surface area (TPSA) is 67.4 Å². The van der Waals surface area contributed by atoms with Gasteiger partial charge in [0.25, 0.3) is 11.8 Å². The van der Waals surface area contributed by atoms with E-state index in [4.69, 9.17) is 39.5 Å². The minimum atomic E-state index is -0.397. The van der Waals surface area contributed by atoms with Crippen molar-refractivity contribution in [2.24, 2.45) is 0 Å². The van der Waals surface area contributed by atoms with Gasteiger partial charge in [0.1, 0.15) is 5.75 Å². The third-order valence-electron chi connectivity index (χ3n) is 4.38. The highest BCUT2D eigenvalue weighted by atomic mass is 35.5. The molecular weight excluding hydrogens is 459 g/mol. The molecule has 0 saturated heterocycles. The summed E-state index contributed by atoms with van der Waals surface area (Å²) in [4.78, 5) is 24.5. The van der Waals surface area contributed by atoms with Gasteiger partial charge in [-0.05, 0) is 60.5 Å². The van der Waals surface area contributed by atoms with E-state index in [1.807, 2.05) is 24.3 Å². The number of aryl methyl sites for hydroxylation is 1. The van der Waals surface area contributed by atoms with Crippen LogP contribution < -0.4 is 15.4 Å². The molecule has 0 heterocycles. The molecule has 0 saturated carbocycles. The Balaban J connectivity index is 1.54. The first-order valence-electron chi connectivity index (χ1n) is 9.43. The van der Waals surface area contributed by atoms with Gasteiger partial charge in [-0.2, -0.15) is 0 Å². The molecule has 2 amide bonds. The van der Waals surface area contributed by atoms with Gasteiger partial charge in [0.15, 0.2) is 6.61 Å². The van der Waals surface area contributed by atoms with Gasteiger partial charge in [-0.15, -0.1) is 0 Å². The van der Waals surface area contributed by atoms with E-state index in [0.29, 0.717) is 22.0 Å². The van der Waals surface area contributed by atoms with Crippen LogP contribution in [0.25, 0.3) is 0 Å². The summed E-state index contributed by atoms with van der Waals surface area (Å²) in [6, 6.07) is 17.0. The fourth-order valence-electron chi connectivity index (χ4n) is 2.72. The van der Waals surface area contributed by atoms with Gasteiger partial charge in [0.2, 0.25) is 0 Å². The van der Waals surface area contributed by atoms with Crippen molar-refractivity contribution in [3.63, 3.8) is 0 Å². The number of carbonyl (C=O) groups excluding carboxylic acids is 2. The predicted molar refractivity (Wildman–Crippen MR) is 126 cm³/mol. The lowest BCUT2D eigenvalue weighted by Gasteiger charge is -2.11. The number of halogens is 3. The molecule has 0 fully saturated rings. The fourth-order valence-corrected chi connectivity index (χ4v) is 3.63. The van der Waals surface area contributed by atoms with E-state index in [2.05, 4.69) is 17.6 Å². The minimum Gasteiger partial charge on any atom is -0.484 e. The van der Waals surface area contributed by atoms with Gasteiger partial charge in [0, 0.05) is 16.3 Å². The van der Waals surface area contributed by atoms with Crippen molar-refractivity contribution in [2.75, 3.05) is 17.2 Å². The molecule has 3 rings (SSSR count). The molecule has 0 aliphatic heterocycles. The first-order valence-corrected chi connectivity index (χ1v) is 10.6. The average molecular weight is 478 g/mol. The Kier molecular flexibility index (Phi) is 7.80. The van der Waals surface area contributed by atoms with Crippen LogP contribution in [0.5, 0.6) is 5.75 Å². The number of hydrogen-bond donors (Lipinski definition) is 2. The average Bonchev–Trinajstić information content (AvgIpc) is 2.75. The van der Waals surface area contributed by atoms with E-state index in [0.717, 1.165) is 6.42 Å². The van der Waals surface area contributed by atoms with Gasteiger partial charge in [0.05, 0.1) is 15.7 Å². The van der Waals surface area contributed by atoms with Crippen LogP contribution in [0.4, 0.5) is 11.4 Å². The first-order chi connectivity index (χ1) is 14.9. The van der Waals surface area contributed by atoms with Crippen LogP contribution in [-0.2, 0) is 11.2 Å². The molecule has 0 unspecified atom stereocenters. The summed E-state index contributed by atoms with van der Waals surface area (Å²) in [5.41, 5.74) is 2.55. The number of anilines is 2. The molecule has 31 heavy (non-hydrogen) atoms. The van der Waals surface area contributed by atoms with Crippen molar-refractivity contribution in [1.82, 2.24) is 0 Å². The largest absolute Gasteiger partial charge is 0.484 e. The maximum absolute atomic E-state index is 12.5. The Hall–Kier alpha value is -2.73. The summed E-state index contributed by atoms with van der Waals surface area (Å²) in [5.74, 6) is -0.223. The number of amides is 2. The van der Waals surface area contributed by atoms with Crippen LogP contribution in [0.3, 0.4) is 0 Å². The maximum atomic E-state index is 12.5. The quantitative estimate of drug-likeness (QED) is 0.409. The summed E-state index contributed by atoms with van der Waals surface area (Å²) in [6.45, 7) is 1.91. The molecule has 8 heteroatoms. The molecule has 0 aromatic heterocycles. The highest BCUT2D eigenvalue weighted by molar-refractivity contribution is 6.42. The second-order valence-electron chi connectivity index (χ2n) is 6.61. The molecule has 2 N–H and O–H groups in total. The molecular formula is C23H19Cl3N2O3. The molecule has 160 valence electrons. The van der Waals surface area contributed by atoms with Crippen molar-refractivity contribution in [3.8, 4) is 5.75 Å². The summed E-state index contributed by atoms with van der Waals surface area (Å²) in [5, 5.41) is 6.28. The zero-order valence-electron chi connectivity index (χ0n) is 16.5. The van der Waals surface area contributed by atoms with Crippen molar-refractivity contribution in [2.45, 2.75) is 13.3 Å². The summed E-state index contributed by atoms with van der Waals surface area (Å²) in [6.07, 6.45) is 0.936. The van der Waals surface area contributed by atoms with E-state index in [1.165, 1.54) is 17.7 Å². The normalized spacial score (nSPS) is 10.5. The van der Waals surface area contributed by atoms with Gasteiger partial charge in [-0.25, -0.2) is 0 Å². The maximum Gasteiger partial charge on any atom is 0.262 e. The number of benzene rings is 3. The van der Waals surface area contributed by atoms with Crippen LogP contribution in [0.2, 0.25) is 15.1 Å². The lowest BCUT2D eigenvalue weighted by Crippen LogP contribution is -2.20. The molecule has 0 atom stereocenters. The Bertz CT molecular complexity index is 1060. The first kappa shape index (κ1) is 22.9. The standard InChI is InChI=1S/C23H19Cl3N2O3/c1-2-14-3-7-17(8-4-14)27-21(29)13-31-18-9-5-15(6-10-18)23(30)28-22-19(25)11-16(24)12-20(22)26/h3-12H,2,13H2,1H3,(H,27,29)(H,28,30). The third-order valence-corrected chi connectivity index (χ3v) is 5.19. The van der Waals surface area contributed by atoms with Crippen molar-refractivity contribution in [1.29, 1.82) is 0 Å². The van der Waals surface area contributed by atoms with Crippen molar-refractivity contribution < 1.29 is 14.3 Å². The van der Waals surface area contributed by atoms with Crippen molar-refractivity contribution in [3.05, 3.63) is 86.9 Å². The predicted octanol–water partition coefficient (Wildman–Crippen LogP) is 6.48. The van der Waals surface area contributed by atoms with E-state index in [1.54, 1.807) is 24.3 Å². The highest BCUT2D eigenvalue weighted by Gasteiger charge is 2.13. The number of hydrogen-bond acceptors (Lipinski definition) is 3. The monoisotopic (exact) mass is 476 g/mol. The summed E-state index contributed by atoms with van der Waals surface area (Å²) < 4.78 is 5.49. The number of ether oxygens (including phenoxy) is 1. The molecule has 3 aromatic rings. The third kappa shape index (κ3) is 6.37. The Morgan fingerprint density at radius 2 is 1.48 bits per heavy atom. The fraction of sp³-hybridized carbons (Fsp3) is 0.130. The zero-order chi connectivity index (χ0) is 22.4. The van der Waals surface area contributed by atoms with Crippen LogP contribution >= 0.6 is 34.8 Å². The zero-order valence-corrected chi connectivity index (χ0v) is 18.8. The van der Waals surface area contributed by atoms with Crippen LogP contribution in [0, 0.1) is 0 Å². The smallest absolute Gasteiger partial charge is 0.262 e. The van der Waals surface area contributed by atoms with Crippen LogP contribution in [0.1, 0.15) is 22.8 Å². The lowest BCUT2D eigenvalue weighted by atomic mass is 10.1. The van der Waals surface area contributed by atoms with Gasteiger partial charge >= 0.3 is 0 Å². The van der Waals surface area contributed by atoms with Gasteiger partial charge in [-0.3, -0.25) is 9.59 Å². The molecule has 0 bridgehead atoms. The van der Waals surface area contributed by atoms with Gasteiger partial charge in [-0.1, -0.05) is 53.9 Å². The second-order valence-corrected chi connectivity index (χ2v) is 7.86. The molecule has 0 aliphatic carbocycles. The lowest BCUT2D eigenvalue weighted by molar-refractivity contribution is -0.118. The summed E-state index contributed by atoms with van der Waals surface area (Å²) in [7, 11) is 0.